The zero-order chi connectivity index (χ0) is 17.8. The smallest absolute Gasteiger partial charge is 0.322 e. The number of hydrogen-bond acceptors (Lipinski definition) is 7. The molecule has 2 heterocycles. The highest BCUT2D eigenvalue weighted by molar-refractivity contribution is 5.96. The number of nitrogens with two attached hydrogens (primary N) is 1. The molecule has 0 aliphatic carbocycles. The number of amides is 3. The van der Waals surface area contributed by atoms with Gasteiger partial charge in [0.1, 0.15) is 5.75 Å². The van der Waals surface area contributed by atoms with Crippen LogP contribution >= 0.6 is 0 Å². The number of nitrogens with one attached hydrogen (secondary N) is 1. The van der Waals surface area contributed by atoms with Crippen molar-refractivity contribution in [1.82, 2.24) is 20.1 Å². The predicted octanol–water partition coefficient (Wildman–Crippen LogP) is 0.650. The number of carbonyl (C=O) groups is 2. The number of rotatable bonds is 3. The van der Waals surface area contributed by atoms with Crippen molar-refractivity contribution in [3.8, 4) is 5.75 Å². The van der Waals surface area contributed by atoms with E-state index in [1.54, 1.807) is 29.0 Å². The van der Waals surface area contributed by atoms with E-state index in [1.165, 1.54) is 0 Å². The van der Waals surface area contributed by atoms with E-state index in [9.17, 15) is 9.59 Å². The largest absolute Gasteiger partial charge is 0.495 e. The van der Waals surface area contributed by atoms with Gasteiger partial charge in [0.2, 0.25) is 11.5 Å². The van der Waals surface area contributed by atoms with Crippen LogP contribution in [0.2, 0.25) is 0 Å². The van der Waals surface area contributed by atoms with Crippen LogP contribution in [0.1, 0.15) is 10.5 Å². The highest BCUT2D eigenvalue weighted by atomic mass is 16.6. The number of benzene rings is 1. The van der Waals surface area contributed by atoms with E-state index in [0.717, 1.165) is 0 Å². The number of carbonyl (C=O) groups excluding carboxylic acids is 2. The van der Waals surface area contributed by atoms with Crippen molar-refractivity contribution in [2.75, 3.05) is 44.3 Å². The van der Waals surface area contributed by atoms with Crippen LogP contribution in [0, 0.1) is 0 Å². The van der Waals surface area contributed by atoms with Gasteiger partial charge in [0, 0.05) is 26.2 Å². The molecule has 1 fully saturated rings. The molecule has 1 saturated heterocycles. The lowest BCUT2D eigenvalue weighted by atomic mass is 10.2. The summed E-state index contributed by atoms with van der Waals surface area (Å²) in [5.74, 6) is 0.184. The molecule has 10 nitrogen and oxygen atoms in total. The number of para-hydroxylation sites is 2. The minimum atomic E-state index is -0.358. The van der Waals surface area contributed by atoms with Crippen LogP contribution in [-0.2, 0) is 0 Å². The molecule has 0 unspecified atom stereocenters. The minimum Gasteiger partial charge on any atom is -0.495 e. The van der Waals surface area contributed by atoms with Crippen molar-refractivity contribution in [2.24, 2.45) is 0 Å². The van der Waals surface area contributed by atoms with Gasteiger partial charge in [-0.2, -0.15) is 0 Å². The molecule has 132 valence electrons. The Hall–Kier alpha value is -3.30. The monoisotopic (exact) mass is 346 g/mol. The quantitative estimate of drug-likeness (QED) is 0.835. The fourth-order valence-corrected chi connectivity index (χ4v) is 2.55. The second-order valence-corrected chi connectivity index (χ2v) is 5.41. The van der Waals surface area contributed by atoms with Crippen molar-refractivity contribution >= 4 is 23.4 Å². The van der Waals surface area contributed by atoms with E-state index in [-0.39, 0.29) is 23.5 Å². The first-order valence-corrected chi connectivity index (χ1v) is 7.66. The molecule has 1 aromatic heterocycles. The van der Waals surface area contributed by atoms with E-state index in [2.05, 4.69) is 20.3 Å². The summed E-state index contributed by atoms with van der Waals surface area (Å²) >= 11 is 0. The number of hydrogen-bond donors (Lipinski definition) is 2. The lowest BCUT2D eigenvalue weighted by Crippen LogP contribution is -2.51. The number of anilines is 2. The molecule has 1 aliphatic rings. The number of nitrogen functional groups attached to an aromatic ring is 1. The Balaban J connectivity index is 1.58. The second kappa shape index (κ2) is 7.07. The topological polar surface area (TPSA) is 127 Å². The standard InChI is InChI=1S/C15H18N6O4/c1-24-11-5-3-2-4-10(11)17-15(23)21-8-6-20(7-9-21)14(22)12-13(16)19-25-18-12/h2-5H,6-9H2,1H3,(H2,16,19)(H,17,23). The van der Waals surface area contributed by atoms with Gasteiger partial charge in [-0.3, -0.25) is 4.79 Å². The first-order valence-electron chi connectivity index (χ1n) is 7.66. The van der Waals surface area contributed by atoms with Crippen LogP contribution in [0.25, 0.3) is 0 Å². The lowest BCUT2D eigenvalue weighted by molar-refractivity contribution is 0.0661. The molecular weight excluding hydrogens is 328 g/mol. The molecule has 0 atom stereocenters. The Morgan fingerprint density at radius 3 is 2.48 bits per heavy atom. The third-order valence-corrected chi connectivity index (χ3v) is 3.92. The number of urea groups is 1. The summed E-state index contributed by atoms with van der Waals surface area (Å²) in [5, 5.41) is 9.72. The van der Waals surface area contributed by atoms with Gasteiger partial charge in [-0.1, -0.05) is 12.1 Å². The van der Waals surface area contributed by atoms with Crippen LogP contribution in [0.5, 0.6) is 5.75 Å². The Labute approximate surface area is 143 Å². The third kappa shape index (κ3) is 3.47. The maximum absolute atomic E-state index is 12.4. The van der Waals surface area contributed by atoms with Crippen molar-refractivity contribution in [3.05, 3.63) is 30.0 Å². The molecule has 0 bridgehead atoms. The molecule has 0 spiro atoms. The molecule has 0 radical (unpaired) electrons. The molecule has 25 heavy (non-hydrogen) atoms. The van der Waals surface area contributed by atoms with Gasteiger partial charge in [0.05, 0.1) is 12.8 Å². The zero-order valence-electron chi connectivity index (χ0n) is 13.6. The molecule has 3 N–H and O–H groups in total. The average Bonchev–Trinajstić information content (AvgIpc) is 3.07. The normalized spacial score (nSPS) is 14.3. The van der Waals surface area contributed by atoms with E-state index < -0.39 is 0 Å². The maximum Gasteiger partial charge on any atom is 0.322 e. The van der Waals surface area contributed by atoms with Crippen LogP contribution < -0.4 is 15.8 Å². The molecular formula is C15H18N6O4. The number of piperazine rings is 1. The Bertz CT molecular complexity index is 769. The Kier molecular flexibility index (Phi) is 4.68. The van der Waals surface area contributed by atoms with E-state index >= 15 is 0 Å². The van der Waals surface area contributed by atoms with Crippen LogP contribution in [0.4, 0.5) is 16.3 Å². The van der Waals surface area contributed by atoms with Gasteiger partial charge in [-0.05, 0) is 22.4 Å². The third-order valence-electron chi connectivity index (χ3n) is 3.92. The van der Waals surface area contributed by atoms with Crippen molar-refractivity contribution in [1.29, 1.82) is 0 Å². The Morgan fingerprint density at radius 2 is 1.84 bits per heavy atom. The van der Waals surface area contributed by atoms with Crippen molar-refractivity contribution in [2.45, 2.75) is 0 Å². The van der Waals surface area contributed by atoms with Gasteiger partial charge >= 0.3 is 6.03 Å². The summed E-state index contributed by atoms with van der Waals surface area (Å²) in [6.45, 7) is 1.50. The molecule has 3 rings (SSSR count). The molecule has 3 amide bonds. The molecule has 1 aromatic carbocycles. The summed E-state index contributed by atoms with van der Waals surface area (Å²) in [4.78, 5) is 27.9. The molecule has 10 heteroatoms. The zero-order valence-corrected chi connectivity index (χ0v) is 13.6. The summed E-state index contributed by atoms with van der Waals surface area (Å²) < 4.78 is 9.66. The van der Waals surface area contributed by atoms with Crippen molar-refractivity contribution in [3.63, 3.8) is 0 Å². The minimum absolute atomic E-state index is 0.00748. The molecule has 2 aromatic rings. The fourth-order valence-electron chi connectivity index (χ4n) is 2.55. The van der Waals surface area contributed by atoms with Gasteiger partial charge in [0.15, 0.2) is 0 Å². The molecule has 0 saturated carbocycles. The highest BCUT2D eigenvalue weighted by Crippen LogP contribution is 2.23. The SMILES string of the molecule is COc1ccccc1NC(=O)N1CCN(C(=O)c2nonc2N)CC1. The van der Waals surface area contributed by atoms with Crippen molar-refractivity contribution < 1.29 is 19.0 Å². The van der Waals surface area contributed by atoms with Gasteiger partial charge in [0.25, 0.3) is 5.91 Å². The summed E-state index contributed by atoms with van der Waals surface area (Å²) in [5.41, 5.74) is 6.12. The summed E-state index contributed by atoms with van der Waals surface area (Å²) in [6, 6.07) is 6.91. The summed E-state index contributed by atoms with van der Waals surface area (Å²) in [7, 11) is 1.54. The van der Waals surface area contributed by atoms with Crippen LogP contribution in [0.3, 0.4) is 0 Å². The van der Waals surface area contributed by atoms with E-state index in [0.29, 0.717) is 37.6 Å². The van der Waals surface area contributed by atoms with Gasteiger partial charge < -0.3 is 25.6 Å². The van der Waals surface area contributed by atoms with Crippen LogP contribution in [0.15, 0.2) is 28.9 Å². The lowest BCUT2D eigenvalue weighted by Gasteiger charge is -2.34. The number of ether oxygens (including phenoxy) is 1. The first-order chi connectivity index (χ1) is 12.1. The average molecular weight is 346 g/mol. The first kappa shape index (κ1) is 16.6. The maximum atomic E-state index is 12.4. The van der Waals surface area contributed by atoms with E-state index in [4.69, 9.17) is 10.5 Å². The second-order valence-electron chi connectivity index (χ2n) is 5.41. The fraction of sp³-hybridized carbons (Fsp3) is 0.333. The number of aromatic nitrogens is 2. The Morgan fingerprint density at radius 1 is 1.16 bits per heavy atom. The number of nitrogens with zero attached hydrogens (tertiary/aromatic N) is 4. The van der Waals surface area contributed by atoms with Gasteiger partial charge in [-0.25, -0.2) is 9.42 Å². The predicted molar refractivity (Wildman–Crippen MR) is 88.2 cm³/mol. The molecule has 1 aliphatic heterocycles. The summed E-state index contributed by atoms with van der Waals surface area (Å²) in [6.07, 6.45) is 0. The van der Waals surface area contributed by atoms with E-state index in [1.807, 2.05) is 12.1 Å². The van der Waals surface area contributed by atoms with Crippen LogP contribution in [-0.4, -0.2) is 65.3 Å². The number of methoxy groups -OCH3 is 1. The van der Waals surface area contributed by atoms with Gasteiger partial charge in [-0.15, -0.1) is 0 Å². The highest BCUT2D eigenvalue weighted by Gasteiger charge is 2.28.